The van der Waals surface area contributed by atoms with Gasteiger partial charge in [-0.1, -0.05) is 0 Å². The predicted molar refractivity (Wildman–Crippen MR) is 52.3 cm³/mol. The minimum atomic E-state index is -0.0433. The van der Waals surface area contributed by atoms with E-state index in [-0.39, 0.29) is 12.5 Å². The Morgan fingerprint density at radius 2 is 2.38 bits per heavy atom. The Morgan fingerprint density at radius 3 is 3.00 bits per heavy atom. The van der Waals surface area contributed by atoms with Gasteiger partial charge in [0.05, 0.1) is 18.2 Å². The lowest BCUT2D eigenvalue weighted by atomic mass is 10.4. The van der Waals surface area contributed by atoms with Crippen molar-refractivity contribution in [2.24, 2.45) is 0 Å². The monoisotopic (exact) mass is 202 g/mol. The summed E-state index contributed by atoms with van der Waals surface area (Å²) in [6, 6.07) is 1.94. The van der Waals surface area contributed by atoms with Crippen molar-refractivity contribution >= 4 is 17.7 Å². The lowest BCUT2D eigenvalue weighted by Crippen LogP contribution is -2.26. The number of carbonyl (C=O) groups excluding carboxylic acids is 1. The minimum absolute atomic E-state index is 0.0433. The smallest absolute Gasteiger partial charge is 0.230 e. The molecule has 0 fully saturated rings. The Morgan fingerprint density at radius 1 is 1.62 bits per heavy atom. The molecule has 2 N–H and O–H groups in total. The number of thioether (sulfide) groups is 1. The van der Waals surface area contributed by atoms with Crippen LogP contribution in [0.3, 0.4) is 0 Å². The van der Waals surface area contributed by atoms with Crippen LogP contribution in [-0.4, -0.2) is 35.7 Å². The topological polar surface area (TPSA) is 73.1 Å². The van der Waals surface area contributed by atoms with Crippen molar-refractivity contribution in [2.45, 2.75) is 12.8 Å². The van der Waals surface area contributed by atoms with E-state index in [0.717, 1.165) is 12.2 Å². The molecule has 0 spiro atoms. The van der Waals surface area contributed by atoms with E-state index in [2.05, 4.69) is 5.32 Å². The van der Waals surface area contributed by atoms with Gasteiger partial charge in [-0.15, -0.1) is 0 Å². The molecule has 74 valence electrons. The normalized spacial score (nSPS) is 9.23. The molecule has 0 saturated heterocycles. The van der Waals surface area contributed by atoms with Crippen LogP contribution in [0.2, 0.25) is 0 Å². The lowest BCUT2D eigenvalue weighted by Gasteiger charge is -2.01. The molecule has 0 unspecified atom stereocenters. The molecule has 0 rings (SSSR count). The Labute approximate surface area is 82.3 Å². The van der Waals surface area contributed by atoms with E-state index in [0.29, 0.717) is 18.7 Å². The summed E-state index contributed by atoms with van der Waals surface area (Å²) >= 11 is 1.49. The molecule has 0 aromatic rings. The number of aliphatic hydroxyl groups excluding tert-OH is 1. The maximum absolute atomic E-state index is 11.0. The van der Waals surface area contributed by atoms with Gasteiger partial charge in [0.2, 0.25) is 5.91 Å². The van der Waals surface area contributed by atoms with Crippen LogP contribution < -0.4 is 5.32 Å². The molecule has 0 aliphatic heterocycles. The maximum Gasteiger partial charge on any atom is 0.230 e. The summed E-state index contributed by atoms with van der Waals surface area (Å²) in [6.07, 6.45) is 1.07. The van der Waals surface area contributed by atoms with Gasteiger partial charge < -0.3 is 10.4 Å². The number of nitrogens with one attached hydrogen (secondary N) is 1. The van der Waals surface area contributed by atoms with E-state index in [1.54, 1.807) is 0 Å². The fourth-order valence-corrected chi connectivity index (χ4v) is 1.41. The van der Waals surface area contributed by atoms with Gasteiger partial charge in [0, 0.05) is 13.2 Å². The zero-order valence-electron chi connectivity index (χ0n) is 7.45. The number of nitriles is 1. The average Bonchev–Trinajstić information content (AvgIpc) is 2.13. The highest BCUT2D eigenvalue weighted by Gasteiger charge is 1.99. The van der Waals surface area contributed by atoms with Gasteiger partial charge in [-0.05, 0) is 12.2 Å². The van der Waals surface area contributed by atoms with Gasteiger partial charge in [0.1, 0.15) is 0 Å². The summed E-state index contributed by atoms with van der Waals surface area (Å²) in [5, 5.41) is 19.3. The zero-order chi connectivity index (χ0) is 9.94. The molecule has 0 atom stereocenters. The van der Waals surface area contributed by atoms with E-state index >= 15 is 0 Å². The predicted octanol–water partition coefficient (Wildman–Crippen LogP) is 0.132. The number of carbonyl (C=O) groups is 1. The molecule has 0 heterocycles. The van der Waals surface area contributed by atoms with Gasteiger partial charge in [-0.3, -0.25) is 4.79 Å². The van der Waals surface area contributed by atoms with Crippen molar-refractivity contribution in [3.8, 4) is 6.07 Å². The Bertz CT molecular complexity index is 179. The third-order valence-electron chi connectivity index (χ3n) is 1.24. The third kappa shape index (κ3) is 9.18. The summed E-state index contributed by atoms with van der Waals surface area (Å²) in [5.41, 5.74) is 0. The van der Waals surface area contributed by atoms with Gasteiger partial charge in [0.25, 0.3) is 0 Å². The van der Waals surface area contributed by atoms with Crippen molar-refractivity contribution in [2.75, 3.05) is 24.7 Å². The second-order valence-electron chi connectivity index (χ2n) is 2.39. The second-order valence-corrected chi connectivity index (χ2v) is 3.49. The molecule has 13 heavy (non-hydrogen) atoms. The van der Waals surface area contributed by atoms with E-state index in [1.165, 1.54) is 11.8 Å². The number of hydrogen-bond donors (Lipinski definition) is 2. The Balaban J connectivity index is 3.16. The van der Waals surface area contributed by atoms with Crippen molar-refractivity contribution in [1.82, 2.24) is 5.32 Å². The fourth-order valence-electron chi connectivity index (χ4n) is 0.640. The van der Waals surface area contributed by atoms with Crippen molar-refractivity contribution in [3.63, 3.8) is 0 Å². The van der Waals surface area contributed by atoms with Crippen LogP contribution >= 0.6 is 11.8 Å². The highest BCUT2D eigenvalue weighted by Crippen LogP contribution is 2.00. The van der Waals surface area contributed by atoms with Crippen LogP contribution in [0.1, 0.15) is 12.8 Å². The van der Waals surface area contributed by atoms with Crippen molar-refractivity contribution < 1.29 is 9.90 Å². The molecule has 0 radical (unpaired) electrons. The Kier molecular flexibility index (Phi) is 8.83. The van der Waals surface area contributed by atoms with Crippen LogP contribution in [0, 0.1) is 11.3 Å². The van der Waals surface area contributed by atoms with E-state index < -0.39 is 0 Å². The molecule has 0 saturated carbocycles. The molecule has 1 amide bonds. The molecule has 0 bridgehead atoms. The summed E-state index contributed by atoms with van der Waals surface area (Å²) < 4.78 is 0. The summed E-state index contributed by atoms with van der Waals surface area (Å²) in [6.45, 7) is 0.596. The first-order valence-electron chi connectivity index (χ1n) is 4.13. The van der Waals surface area contributed by atoms with Crippen LogP contribution in [0.4, 0.5) is 0 Å². The average molecular weight is 202 g/mol. The third-order valence-corrected chi connectivity index (χ3v) is 2.28. The van der Waals surface area contributed by atoms with Crippen LogP contribution in [0.5, 0.6) is 0 Å². The molecule has 0 aliphatic carbocycles. The van der Waals surface area contributed by atoms with Crippen LogP contribution in [0.25, 0.3) is 0 Å². The van der Waals surface area contributed by atoms with E-state index in [1.807, 2.05) is 6.07 Å². The first-order chi connectivity index (χ1) is 6.31. The standard InChI is InChI=1S/C8H14N2O2S/c9-3-1-4-10-8(12)7-13-6-2-5-11/h11H,1-2,4-7H2,(H,10,12). The number of amides is 1. The lowest BCUT2D eigenvalue weighted by molar-refractivity contribution is -0.118. The van der Waals surface area contributed by atoms with Crippen molar-refractivity contribution in [3.05, 3.63) is 0 Å². The quantitative estimate of drug-likeness (QED) is 0.576. The van der Waals surface area contributed by atoms with E-state index in [9.17, 15) is 4.79 Å². The van der Waals surface area contributed by atoms with Gasteiger partial charge in [0.15, 0.2) is 0 Å². The zero-order valence-corrected chi connectivity index (χ0v) is 8.27. The maximum atomic E-state index is 11.0. The van der Waals surface area contributed by atoms with Crippen LogP contribution in [-0.2, 0) is 4.79 Å². The first-order valence-corrected chi connectivity index (χ1v) is 5.29. The number of rotatable bonds is 7. The minimum Gasteiger partial charge on any atom is -0.396 e. The molecular formula is C8H14N2O2S. The fraction of sp³-hybridized carbons (Fsp3) is 0.750. The second kappa shape index (κ2) is 9.36. The highest BCUT2D eigenvalue weighted by atomic mass is 32.2. The number of nitrogens with zero attached hydrogens (tertiary/aromatic N) is 1. The van der Waals surface area contributed by atoms with Gasteiger partial charge in [-0.25, -0.2) is 0 Å². The highest BCUT2D eigenvalue weighted by molar-refractivity contribution is 7.99. The molecule has 4 nitrogen and oxygen atoms in total. The largest absolute Gasteiger partial charge is 0.396 e. The Hall–Kier alpha value is -0.730. The number of hydrogen-bond acceptors (Lipinski definition) is 4. The molecule has 0 aromatic heterocycles. The van der Waals surface area contributed by atoms with Gasteiger partial charge >= 0.3 is 0 Å². The van der Waals surface area contributed by atoms with E-state index in [4.69, 9.17) is 10.4 Å². The van der Waals surface area contributed by atoms with Crippen molar-refractivity contribution in [1.29, 1.82) is 5.26 Å². The first kappa shape index (κ1) is 12.3. The number of aliphatic hydroxyl groups is 1. The molecule has 0 aromatic carbocycles. The summed E-state index contributed by atoms with van der Waals surface area (Å²) in [4.78, 5) is 11.0. The summed E-state index contributed by atoms with van der Waals surface area (Å²) in [7, 11) is 0. The SMILES string of the molecule is N#CCCNC(=O)CSCCCO. The molecular weight excluding hydrogens is 188 g/mol. The molecule has 0 aliphatic rings. The van der Waals surface area contributed by atoms with Crippen LogP contribution in [0.15, 0.2) is 0 Å². The summed E-state index contributed by atoms with van der Waals surface area (Å²) in [5.74, 6) is 1.16. The van der Waals surface area contributed by atoms with Gasteiger partial charge in [-0.2, -0.15) is 17.0 Å². The molecule has 5 heteroatoms.